The minimum atomic E-state index is -4.64. The van der Waals surface area contributed by atoms with Gasteiger partial charge in [0.15, 0.2) is 11.8 Å². The van der Waals surface area contributed by atoms with Crippen molar-refractivity contribution in [1.29, 1.82) is 0 Å². The first-order chi connectivity index (χ1) is 15.9. The van der Waals surface area contributed by atoms with E-state index in [-0.39, 0.29) is 12.0 Å². The highest BCUT2D eigenvalue weighted by Crippen LogP contribution is 2.44. The predicted octanol–water partition coefficient (Wildman–Crippen LogP) is 3.62. The molecule has 1 saturated heterocycles. The van der Waals surface area contributed by atoms with Crippen molar-refractivity contribution in [3.63, 3.8) is 0 Å². The van der Waals surface area contributed by atoms with Crippen molar-refractivity contribution in [1.82, 2.24) is 24.6 Å². The van der Waals surface area contributed by atoms with Crippen LogP contribution in [0.5, 0.6) is 5.75 Å². The normalized spacial score (nSPS) is 17.1. The van der Waals surface area contributed by atoms with Gasteiger partial charge in [0.2, 0.25) is 0 Å². The number of ether oxygens (including phenoxy) is 1. The number of benzene rings is 1. The second kappa shape index (κ2) is 8.86. The molecule has 0 bridgehead atoms. The Morgan fingerprint density at radius 2 is 1.97 bits per heavy atom. The van der Waals surface area contributed by atoms with Gasteiger partial charge in [0, 0.05) is 41.7 Å². The van der Waals surface area contributed by atoms with Crippen molar-refractivity contribution >= 4 is 28.5 Å². The molecular weight excluding hydrogens is 473 g/mol. The summed E-state index contributed by atoms with van der Waals surface area (Å²) in [4.78, 5) is 9.97. The molecule has 1 aromatic carbocycles. The lowest BCUT2D eigenvalue weighted by Crippen LogP contribution is -2.51. The number of halogens is 4. The highest BCUT2D eigenvalue weighted by atomic mass is 35.5. The number of nitrogens with two attached hydrogens (primary N) is 1. The van der Waals surface area contributed by atoms with E-state index < -0.39 is 18.8 Å². The van der Waals surface area contributed by atoms with Crippen LogP contribution in [0.3, 0.4) is 0 Å². The Morgan fingerprint density at radius 3 is 2.59 bits per heavy atom. The number of nitrogens with zero attached hydrogens (tertiary/aromatic N) is 5. The van der Waals surface area contributed by atoms with E-state index in [9.17, 15) is 18.3 Å². The number of fused-ring (bicyclic) bond motifs is 1. The quantitative estimate of drug-likeness (QED) is 0.535. The Labute approximate surface area is 199 Å². The zero-order chi connectivity index (χ0) is 24.9. The number of aliphatic hydroxyl groups is 1. The third kappa shape index (κ3) is 4.16. The number of aromatic nitrogens is 4. The number of rotatable bonds is 6. The van der Waals surface area contributed by atoms with Gasteiger partial charge in [0.25, 0.3) is 0 Å². The van der Waals surface area contributed by atoms with E-state index >= 15 is 0 Å². The summed E-state index contributed by atoms with van der Waals surface area (Å²) in [5.41, 5.74) is 9.72. The first kappa shape index (κ1) is 24.5. The monoisotopic (exact) mass is 498 g/mol. The molecule has 0 amide bonds. The number of aryl methyl sites for hydroxylation is 1. The van der Waals surface area contributed by atoms with Crippen molar-refractivity contribution in [2.24, 2.45) is 0 Å². The fourth-order valence-electron chi connectivity index (χ4n) is 4.62. The van der Waals surface area contributed by atoms with Gasteiger partial charge in [-0.15, -0.1) is 0 Å². The Morgan fingerprint density at radius 1 is 1.29 bits per heavy atom. The fraction of sp³-hybridized carbons (Fsp3) is 0.500. The van der Waals surface area contributed by atoms with Gasteiger partial charge in [-0.3, -0.25) is 4.90 Å². The van der Waals surface area contributed by atoms with E-state index in [1.54, 1.807) is 16.7 Å². The Bertz CT molecular complexity index is 1230. The molecule has 2 aromatic heterocycles. The van der Waals surface area contributed by atoms with Gasteiger partial charge in [-0.2, -0.15) is 18.3 Å². The van der Waals surface area contributed by atoms with E-state index in [2.05, 4.69) is 15.1 Å². The molecule has 2 atom stereocenters. The number of anilines is 1. The number of hydrogen-bond donors (Lipinski definition) is 2. The van der Waals surface area contributed by atoms with Crippen molar-refractivity contribution in [2.75, 3.05) is 32.5 Å². The smallest absolute Gasteiger partial charge is 0.415 e. The molecule has 0 radical (unpaired) electrons. The molecule has 8 nitrogen and oxygen atoms in total. The number of aliphatic hydroxyl groups excluding tert-OH is 1. The molecule has 3 heterocycles. The molecule has 12 heteroatoms. The fourth-order valence-corrected chi connectivity index (χ4v) is 4.83. The van der Waals surface area contributed by atoms with Crippen LogP contribution in [0.15, 0.2) is 12.4 Å². The van der Waals surface area contributed by atoms with Crippen LogP contribution in [0.2, 0.25) is 5.02 Å². The van der Waals surface area contributed by atoms with E-state index in [4.69, 9.17) is 22.1 Å². The van der Waals surface area contributed by atoms with Crippen LogP contribution in [0, 0.1) is 13.8 Å². The molecule has 3 aromatic rings. The van der Waals surface area contributed by atoms with E-state index in [0.29, 0.717) is 46.4 Å². The number of nitrogen functional groups attached to an aromatic ring is 1. The summed E-state index contributed by atoms with van der Waals surface area (Å²) in [6, 6.07) is 1.49. The third-order valence-electron chi connectivity index (χ3n) is 6.44. The molecule has 1 aliphatic heterocycles. The molecule has 34 heavy (non-hydrogen) atoms. The topological polar surface area (TPSA) is 102 Å². The maximum absolute atomic E-state index is 12.7. The molecule has 0 aliphatic carbocycles. The number of likely N-dealkylation sites (tertiary alicyclic amines) is 1. The SMILES string of the molecule is COc1c(C(C)n2nc(C)c3c(N)ncnc32)cc(Cl)c(C)c1C1CN(CC(O)C(F)(F)F)C1. The predicted molar refractivity (Wildman–Crippen MR) is 122 cm³/mol. The maximum atomic E-state index is 12.7. The molecule has 0 saturated carbocycles. The van der Waals surface area contributed by atoms with Crippen LogP contribution in [0.4, 0.5) is 19.0 Å². The van der Waals surface area contributed by atoms with Gasteiger partial charge < -0.3 is 15.6 Å². The Balaban J connectivity index is 1.69. The van der Waals surface area contributed by atoms with E-state index in [1.807, 2.05) is 26.8 Å². The van der Waals surface area contributed by atoms with Crippen molar-refractivity contribution < 1.29 is 23.0 Å². The number of alkyl halides is 3. The van der Waals surface area contributed by atoms with Crippen LogP contribution in [-0.4, -0.2) is 68.8 Å². The van der Waals surface area contributed by atoms with Gasteiger partial charge >= 0.3 is 6.18 Å². The summed E-state index contributed by atoms with van der Waals surface area (Å²) >= 11 is 6.60. The van der Waals surface area contributed by atoms with Crippen molar-refractivity contribution in [3.05, 3.63) is 39.8 Å². The minimum absolute atomic E-state index is 0.0888. The molecule has 2 unspecified atom stereocenters. The molecule has 1 fully saturated rings. The van der Waals surface area contributed by atoms with Gasteiger partial charge in [-0.05, 0) is 32.4 Å². The van der Waals surface area contributed by atoms with Crippen LogP contribution in [0.1, 0.15) is 41.3 Å². The van der Waals surface area contributed by atoms with Crippen LogP contribution in [-0.2, 0) is 0 Å². The van der Waals surface area contributed by atoms with Crippen LogP contribution >= 0.6 is 11.6 Å². The highest BCUT2D eigenvalue weighted by Gasteiger charge is 2.42. The average Bonchev–Trinajstić information content (AvgIpc) is 3.08. The van der Waals surface area contributed by atoms with E-state index in [0.717, 1.165) is 16.7 Å². The zero-order valence-electron chi connectivity index (χ0n) is 19.2. The zero-order valence-corrected chi connectivity index (χ0v) is 19.9. The standard InChI is InChI=1S/C22H26ClF3N6O2/c1-10-15(23)5-14(12(3)32-21-18(11(2)30-32)20(27)28-9-29-21)19(34-4)17(10)13-6-31(7-13)8-16(33)22(24,25)26/h5,9,12-13,16,33H,6-8H2,1-4H3,(H2,27,28,29). The second-order valence-corrected chi connectivity index (χ2v) is 9.06. The summed E-state index contributed by atoms with van der Waals surface area (Å²) in [6.45, 7) is 5.87. The summed E-state index contributed by atoms with van der Waals surface area (Å²) < 4.78 is 45.7. The number of β-amino-alcohol motifs (C(OH)–C–C–N with tert-alkyl or cyclic N) is 1. The molecule has 184 valence electrons. The lowest BCUT2D eigenvalue weighted by atomic mass is 9.85. The molecule has 3 N–H and O–H groups in total. The summed E-state index contributed by atoms with van der Waals surface area (Å²) in [6.07, 6.45) is -5.64. The highest BCUT2D eigenvalue weighted by molar-refractivity contribution is 6.31. The van der Waals surface area contributed by atoms with Gasteiger partial charge in [0.05, 0.1) is 24.2 Å². The molecule has 0 spiro atoms. The lowest BCUT2D eigenvalue weighted by Gasteiger charge is -2.42. The average molecular weight is 499 g/mol. The third-order valence-corrected chi connectivity index (χ3v) is 6.83. The van der Waals surface area contributed by atoms with Crippen LogP contribution in [0.25, 0.3) is 11.0 Å². The van der Waals surface area contributed by atoms with E-state index in [1.165, 1.54) is 6.33 Å². The number of methoxy groups -OCH3 is 1. The summed E-state index contributed by atoms with van der Waals surface area (Å²) in [7, 11) is 1.55. The lowest BCUT2D eigenvalue weighted by molar-refractivity contribution is -0.210. The Hall–Kier alpha value is -2.63. The van der Waals surface area contributed by atoms with Gasteiger partial charge in [0.1, 0.15) is 17.9 Å². The number of hydrogen-bond acceptors (Lipinski definition) is 7. The summed E-state index contributed by atoms with van der Waals surface area (Å²) in [5.74, 6) is 0.860. The second-order valence-electron chi connectivity index (χ2n) is 8.66. The Kier molecular flexibility index (Phi) is 6.38. The minimum Gasteiger partial charge on any atom is -0.496 e. The maximum Gasteiger partial charge on any atom is 0.415 e. The van der Waals surface area contributed by atoms with Gasteiger partial charge in [-0.25, -0.2) is 14.6 Å². The molecule has 1 aliphatic rings. The first-order valence-corrected chi connectivity index (χ1v) is 11.1. The first-order valence-electron chi connectivity index (χ1n) is 10.7. The summed E-state index contributed by atoms with van der Waals surface area (Å²) in [5, 5.41) is 15.2. The van der Waals surface area contributed by atoms with Crippen molar-refractivity contribution in [3.8, 4) is 5.75 Å². The van der Waals surface area contributed by atoms with Crippen LogP contribution < -0.4 is 10.5 Å². The molecule has 4 rings (SSSR count). The van der Waals surface area contributed by atoms with Crippen molar-refractivity contribution in [2.45, 2.75) is 45.0 Å². The largest absolute Gasteiger partial charge is 0.496 e. The van der Waals surface area contributed by atoms with Gasteiger partial charge in [-0.1, -0.05) is 11.6 Å². The molecular formula is C22H26ClF3N6O2.